The number of rotatable bonds is 6. The standard InChI is InChI=1S/C23H20N2O4/c24-21(14-6-5-11-25-12-14)20(22(26)27)23(28)29-13-19-17-9-3-1-7-15(17)16-8-2-4-10-18(16)19/h1-12,19-21H,13,24H2,(H,26,27)/t20-,21?/m1/s1. The van der Waals surface area contributed by atoms with Gasteiger partial charge in [0.25, 0.3) is 0 Å². The van der Waals surface area contributed by atoms with Crippen molar-refractivity contribution >= 4 is 11.9 Å². The summed E-state index contributed by atoms with van der Waals surface area (Å²) in [5, 5.41) is 9.58. The van der Waals surface area contributed by atoms with E-state index in [0.29, 0.717) is 5.56 Å². The fourth-order valence-corrected chi connectivity index (χ4v) is 3.86. The van der Waals surface area contributed by atoms with Crippen LogP contribution in [0.2, 0.25) is 0 Å². The number of carbonyl (C=O) groups excluding carboxylic acids is 1. The first-order valence-corrected chi connectivity index (χ1v) is 9.31. The summed E-state index contributed by atoms with van der Waals surface area (Å²) in [6, 6.07) is 18.1. The van der Waals surface area contributed by atoms with Crippen molar-refractivity contribution in [3.63, 3.8) is 0 Å². The third-order valence-corrected chi connectivity index (χ3v) is 5.30. The first-order chi connectivity index (χ1) is 14.1. The zero-order valence-corrected chi connectivity index (χ0v) is 15.6. The molecule has 0 radical (unpaired) electrons. The number of aliphatic carboxylic acids is 1. The lowest BCUT2D eigenvalue weighted by Gasteiger charge is -2.21. The van der Waals surface area contributed by atoms with Crippen LogP contribution in [0.5, 0.6) is 0 Å². The summed E-state index contributed by atoms with van der Waals surface area (Å²) < 4.78 is 5.49. The zero-order chi connectivity index (χ0) is 20.4. The van der Waals surface area contributed by atoms with Gasteiger partial charge in [0.15, 0.2) is 5.92 Å². The van der Waals surface area contributed by atoms with Gasteiger partial charge in [-0.25, -0.2) is 0 Å². The Hall–Kier alpha value is -3.51. The molecule has 2 aromatic carbocycles. The molecule has 146 valence electrons. The average molecular weight is 388 g/mol. The van der Waals surface area contributed by atoms with Crippen molar-refractivity contribution in [2.24, 2.45) is 11.7 Å². The van der Waals surface area contributed by atoms with Gasteiger partial charge in [0.05, 0.1) is 6.04 Å². The number of carboxylic acids is 1. The maximum atomic E-state index is 12.7. The minimum Gasteiger partial charge on any atom is -0.481 e. The van der Waals surface area contributed by atoms with Crippen molar-refractivity contribution in [2.45, 2.75) is 12.0 Å². The molecule has 1 aromatic heterocycles. The van der Waals surface area contributed by atoms with Crippen LogP contribution in [0.4, 0.5) is 0 Å². The number of esters is 1. The topological polar surface area (TPSA) is 103 Å². The molecule has 1 aliphatic rings. The Balaban J connectivity index is 1.55. The Labute approximate surface area is 168 Å². The third-order valence-electron chi connectivity index (χ3n) is 5.30. The van der Waals surface area contributed by atoms with E-state index in [1.54, 1.807) is 18.3 Å². The minimum absolute atomic E-state index is 0.0520. The number of hydrogen-bond acceptors (Lipinski definition) is 5. The van der Waals surface area contributed by atoms with Crippen molar-refractivity contribution in [2.75, 3.05) is 6.61 Å². The highest BCUT2D eigenvalue weighted by Gasteiger charge is 2.37. The van der Waals surface area contributed by atoms with E-state index in [0.717, 1.165) is 22.3 Å². The van der Waals surface area contributed by atoms with Gasteiger partial charge in [-0.2, -0.15) is 0 Å². The van der Waals surface area contributed by atoms with Crippen molar-refractivity contribution in [3.05, 3.63) is 89.7 Å². The van der Waals surface area contributed by atoms with Gasteiger partial charge in [-0.15, -0.1) is 0 Å². The first kappa shape index (κ1) is 18.8. The Kier molecular flexibility index (Phi) is 5.10. The zero-order valence-electron chi connectivity index (χ0n) is 15.6. The molecule has 3 aromatic rings. The van der Waals surface area contributed by atoms with Gasteiger partial charge in [-0.1, -0.05) is 54.6 Å². The number of ether oxygens (including phenoxy) is 1. The lowest BCUT2D eigenvalue weighted by molar-refractivity contribution is -0.160. The number of carboxylic acid groups (broad SMARTS) is 1. The number of aromatic nitrogens is 1. The molecule has 1 aliphatic carbocycles. The normalized spacial score (nSPS) is 14.5. The molecule has 0 bridgehead atoms. The van der Waals surface area contributed by atoms with Crippen LogP contribution in [0.3, 0.4) is 0 Å². The highest BCUT2D eigenvalue weighted by Crippen LogP contribution is 2.44. The van der Waals surface area contributed by atoms with E-state index in [-0.39, 0.29) is 12.5 Å². The summed E-state index contributed by atoms with van der Waals surface area (Å²) in [6.07, 6.45) is 3.01. The molecule has 1 heterocycles. The third kappa shape index (κ3) is 3.50. The van der Waals surface area contributed by atoms with Crippen LogP contribution in [0.25, 0.3) is 11.1 Å². The number of carbonyl (C=O) groups is 2. The fourth-order valence-electron chi connectivity index (χ4n) is 3.86. The van der Waals surface area contributed by atoms with E-state index in [9.17, 15) is 14.7 Å². The van der Waals surface area contributed by atoms with Crippen LogP contribution in [-0.4, -0.2) is 28.6 Å². The second-order valence-corrected chi connectivity index (χ2v) is 6.99. The van der Waals surface area contributed by atoms with Crippen molar-refractivity contribution in [3.8, 4) is 11.1 Å². The monoisotopic (exact) mass is 388 g/mol. The van der Waals surface area contributed by atoms with Gasteiger partial charge in [-0.3, -0.25) is 14.6 Å². The summed E-state index contributed by atoms with van der Waals surface area (Å²) in [6.45, 7) is 0.0520. The molecule has 1 unspecified atom stereocenters. The van der Waals surface area contributed by atoms with E-state index in [1.807, 2.05) is 48.5 Å². The number of hydrogen-bond donors (Lipinski definition) is 2. The lowest BCUT2D eigenvalue weighted by Crippen LogP contribution is -2.36. The number of nitrogens with two attached hydrogens (primary N) is 1. The molecule has 4 rings (SSSR count). The Morgan fingerprint density at radius 3 is 2.17 bits per heavy atom. The molecule has 0 spiro atoms. The molecular weight excluding hydrogens is 368 g/mol. The summed E-state index contributed by atoms with van der Waals surface area (Å²) in [7, 11) is 0. The largest absolute Gasteiger partial charge is 0.481 e. The highest BCUT2D eigenvalue weighted by atomic mass is 16.5. The van der Waals surface area contributed by atoms with Crippen LogP contribution in [0.1, 0.15) is 28.7 Å². The molecular formula is C23H20N2O4. The number of pyridine rings is 1. The lowest BCUT2D eigenvalue weighted by atomic mass is 9.94. The molecule has 0 fully saturated rings. The second kappa shape index (κ2) is 7.85. The van der Waals surface area contributed by atoms with Gasteiger partial charge >= 0.3 is 11.9 Å². The molecule has 3 N–H and O–H groups in total. The van der Waals surface area contributed by atoms with E-state index < -0.39 is 23.9 Å². The molecule has 29 heavy (non-hydrogen) atoms. The van der Waals surface area contributed by atoms with Crippen molar-refractivity contribution in [1.82, 2.24) is 4.98 Å². The summed E-state index contributed by atoms with van der Waals surface area (Å²) in [5.74, 6) is -3.82. The molecule has 2 atom stereocenters. The average Bonchev–Trinajstić information content (AvgIpc) is 3.06. The van der Waals surface area contributed by atoms with E-state index in [4.69, 9.17) is 10.5 Å². The van der Waals surface area contributed by atoms with Crippen LogP contribution in [0, 0.1) is 5.92 Å². The molecule has 6 nitrogen and oxygen atoms in total. The van der Waals surface area contributed by atoms with Crippen LogP contribution in [0.15, 0.2) is 73.1 Å². The predicted molar refractivity (Wildman–Crippen MR) is 107 cm³/mol. The molecule has 0 aliphatic heterocycles. The first-order valence-electron chi connectivity index (χ1n) is 9.31. The number of benzene rings is 2. The van der Waals surface area contributed by atoms with Crippen LogP contribution < -0.4 is 5.73 Å². The molecule has 0 amide bonds. The molecule has 0 saturated heterocycles. The second-order valence-electron chi connectivity index (χ2n) is 6.99. The van der Waals surface area contributed by atoms with Crippen molar-refractivity contribution < 1.29 is 19.4 Å². The minimum atomic E-state index is -1.51. The molecule has 6 heteroatoms. The van der Waals surface area contributed by atoms with Gasteiger partial charge in [-0.05, 0) is 33.9 Å². The van der Waals surface area contributed by atoms with Crippen LogP contribution >= 0.6 is 0 Å². The van der Waals surface area contributed by atoms with Gasteiger partial charge in [0, 0.05) is 18.3 Å². The maximum Gasteiger partial charge on any atom is 0.322 e. The summed E-state index contributed by atoms with van der Waals surface area (Å²) in [5.41, 5.74) is 10.8. The SMILES string of the molecule is NC(c1cccnc1)[C@H](C(=O)O)C(=O)OCC1c2ccccc2-c2ccccc21. The van der Waals surface area contributed by atoms with E-state index in [1.165, 1.54) is 6.20 Å². The fraction of sp³-hybridized carbons (Fsp3) is 0.174. The van der Waals surface area contributed by atoms with Gasteiger partial charge in [0.1, 0.15) is 6.61 Å². The number of nitrogens with zero attached hydrogens (tertiary/aromatic N) is 1. The summed E-state index contributed by atoms with van der Waals surface area (Å²) >= 11 is 0. The van der Waals surface area contributed by atoms with Gasteiger partial charge < -0.3 is 15.6 Å². The van der Waals surface area contributed by atoms with Crippen LogP contribution in [-0.2, 0) is 14.3 Å². The highest BCUT2D eigenvalue weighted by molar-refractivity contribution is 5.95. The Morgan fingerprint density at radius 2 is 1.62 bits per heavy atom. The van der Waals surface area contributed by atoms with E-state index >= 15 is 0 Å². The number of fused-ring (bicyclic) bond motifs is 3. The quantitative estimate of drug-likeness (QED) is 0.497. The summed E-state index contributed by atoms with van der Waals surface area (Å²) in [4.78, 5) is 28.4. The smallest absolute Gasteiger partial charge is 0.322 e. The Morgan fingerprint density at radius 1 is 1.00 bits per heavy atom. The van der Waals surface area contributed by atoms with E-state index in [2.05, 4.69) is 4.98 Å². The van der Waals surface area contributed by atoms with Crippen molar-refractivity contribution in [1.29, 1.82) is 0 Å². The molecule has 0 saturated carbocycles. The van der Waals surface area contributed by atoms with Gasteiger partial charge in [0.2, 0.25) is 0 Å². The Bertz CT molecular complexity index is 1010. The predicted octanol–water partition coefficient (Wildman–Crippen LogP) is 3.14. The maximum absolute atomic E-state index is 12.7.